The van der Waals surface area contributed by atoms with Crippen molar-refractivity contribution in [1.82, 2.24) is 4.90 Å². The molecular formula is C19H27NO3. The number of benzene rings is 1. The van der Waals surface area contributed by atoms with Crippen molar-refractivity contribution in [2.75, 3.05) is 7.05 Å². The van der Waals surface area contributed by atoms with E-state index in [4.69, 9.17) is 4.74 Å². The second-order valence-corrected chi connectivity index (χ2v) is 7.46. The van der Waals surface area contributed by atoms with Crippen molar-refractivity contribution in [2.45, 2.75) is 64.5 Å². The van der Waals surface area contributed by atoms with E-state index in [1.807, 2.05) is 32.9 Å². The minimum atomic E-state index is -1.02. The average Bonchev–Trinajstić information content (AvgIpc) is 2.51. The summed E-state index contributed by atoms with van der Waals surface area (Å²) in [5, 5.41) is 0. The van der Waals surface area contributed by atoms with Crippen molar-refractivity contribution in [3.8, 4) is 0 Å². The van der Waals surface area contributed by atoms with Crippen LogP contribution >= 0.6 is 0 Å². The second kappa shape index (κ2) is 6.34. The van der Waals surface area contributed by atoms with Gasteiger partial charge < -0.3 is 9.53 Å². The van der Waals surface area contributed by atoms with E-state index >= 15 is 0 Å². The minimum Gasteiger partial charge on any atom is -0.444 e. The summed E-state index contributed by atoms with van der Waals surface area (Å²) in [6.07, 6.45) is 4.65. The van der Waals surface area contributed by atoms with Crippen LogP contribution in [0.4, 0.5) is 4.79 Å². The predicted octanol–water partition coefficient (Wildman–Crippen LogP) is 3.85. The molecule has 0 bridgehead atoms. The number of carbonyl (C=O) groups excluding carboxylic acids is 2. The number of fused-ring (bicyclic) bond motifs is 1. The molecule has 1 aromatic carbocycles. The minimum absolute atomic E-state index is 0.486. The fourth-order valence-corrected chi connectivity index (χ4v) is 3.10. The van der Waals surface area contributed by atoms with Crippen LogP contribution in [0, 0.1) is 0 Å². The molecule has 1 aliphatic carbocycles. The summed E-state index contributed by atoms with van der Waals surface area (Å²) in [4.78, 5) is 25.8. The molecule has 4 heteroatoms. The molecule has 0 N–H and O–H groups in total. The molecule has 126 valence electrons. The summed E-state index contributed by atoms with van der Waals surface area (Å²) in [5.74, 6) is 0. The van der Waals surface area contributed by atoms with Gasteiger partial charge in [-0.2, -0.15) is 0 Å². The number of amides is 1. The third-order valence-electron chi connectivity index (χ3n) is 4.53. The Balaban J connectivity index is 2.41. The van der Waals surface area contributed by atoms with Crippen LogP contribution in [0.3, 0.4) is 0 Å². The normalized spacial score (nSPS) is 16.9. The standard InChI is InChI=1S/C19H27NO3/c1-18(2,3)23-17(22)20(5)19(4,13-21)16-12-8-10-14-9-6-7-11-15(14)16/h8,10,12-13H,6-7,9,11H2,1-5H3. The highest BCUT2D eigenvalue weighted by molar-refractivity contribution is 5.78. The van der Waals surface area contributed by atoms with Crippen molar-refractivity contribution >= 4 is 12.4 Å². The highest BCUT2D eigenvalue weighted by atomic mass is 16.6. The number of hydrogen-bond acceptors (Lipinski definition) is 3. The number of carbonyl (C=O) groups is 2. The Labute approximate surface area is 138 Å². The quantitative estimate of drug-likeness (QED) is 0.796. The number of rotatable bonds is 3. The Morgan fingerprint density at radius 1 is 1.17 bits per heavy atom. The first-order chi connectivity index (χ1) is 10.7. The lowest BCUT2D eigenvalue weighted by atomic mass is 9.80. The van der Waals surface area contributed by atoms with Gasteiger partial charge in [0.25, 0.3) is 0 Å². The van der Waals surface area contributed by atoms with Crippen molar-refractivity contribution in [1.29, 1.82) is 0 Å². The van der Waals surface area contributed by atoms with Gasteiger partial charge in [-0.3, -0.25) is 4.90 Å². The van der Waals surface area contributed by atoms with Crippen LogP contribution in [0.2, 0.25) is 0 Å². The van der Waals surface area contributed by atoms with Gasteiger partial charge in [-0.25, -0.2) is 4.79 Å². The maximum atomic E-state index is 12.5. The third-order valence-corrected chi connectivity index (χ3v) is 4.53. The van der Waals surface area contributed by atoms with Gasteiger partial charge in [0.1, 0.15) is 17.4 Å². The van der Waals surface area contributed by atoms with Crippen molar-refractivity contribution in [2.24, 2.45) is 0 Å². The number of aldehydes is 1. The molecule has 4 nitrogen and oxygen atoms in total. The van der Waals surface area contributed by atoms with E-state index in [0.717, 1.165) is 31.1 Å². The summed E-state index contributed by atoms with van der Waals surface area (Å²) in [6.45, 7) is 7.25. The predicted molar refractivity (Wildman–Crippen MR) is 90.5 cm³/mol. The molecule has 0 saturated heterocycles. The molecule has 1 atom stereocenters. The highest BCUT2D eigenvalue weighted by Crippen LogP contribution is 2.34. The zero-order valence-corrected chi connectivity index (χ0v) is 14.8. The molecule has 0 heterocycles. The zero-order chi connectivity index (χ0) is 17.3. The van der Waals surface area contributed by atoms with Crippen LogP contribution in [0.5, 0.6) is 0 Å². The van der Waals surface area contributed by atoms with Gasteiger partial charge in [-0.05, 0) is 70.1 Å². The Morgan fingerprint density at radius 3 is 2.43 bits per heavy atom. The number of likely N-dealkylation sites (N-methyl/N-ethyl adjacent to an activating group) is 1. The number of ether oxygens (including phenoxy) is 1. The highest BCUT2D eigenvalue weighted by Gasteiger charge is 2.38. The van der Waals surface area contributed by atoms with Gasteiger partial charge in [0.05, 0.1) is 0 Å². The third kappa shape index (κ3) is 3.57. The average molecular weight is 317 g/mol. The monoisotopic (exact) mass is 317 g/mol. The van der Waals surface area contributed by atoms with E-state index in [1.54, 1.807) is 14.0 Å². The molecule has 0 aliphatic heterocycles. The van der Waals surface area contributed by atoms with Crippen molar-refractivity contribution in [3.63, 3.8) is 0 Å². The van der Waals surface area contributed by atoms with Gasteiger partial charge in [0, 0.05) is 7.05 Å². The van der Waals surface area contributed by atoms with Crippen LogP contribution in [-0.4, -0.2) is 29.9 Å². The summed E-state index contributed by atoms with van der Waals surface area (Å²) in [5.41, 5.74) is 1.80. The molecular weight excluding hydrogens is 290 g/mol. The fraction of sp³-hybridized carbons (Fsp3) is 0.579. The first-order valence-electron chi connectivity index (χ1n) is 8.23. The number of hydrogen-bond donors (Lipinski definition) is 0. The van der Waals surface area contributed by atoms with Gasteiger partial charge in [-0.1, -0.05) is 18.2 Å². The Kier molecular flexibility index (Phi) is 4.83. The van der Waals surface area contributed by atoms with Crippen LogP contribution < -0.4 is 0 Å². The van der Waals surface area contributed by atoms with E-state index in [2.05, 4.69) is 6.07 Å². The number of nitrogens with zero attached hydrogens (tertiary/aromatic N) is 1. The van der Waals surface area contributed by atoms with Crippen LogP contribution in [-0.2, 0) is 27.9 Å². The van der Waals surface area contributed by atoms with E-state index < -0.39 is 17.2 Å². The van der Waals surface area contributed by atoms with E-state index in [0.29, 0.717) is 0 Å². The maximum absolute atomic E-state index is 12.5. The van der Waals surface area contributed by atoms with Gasteiger partial charge in [-0.15, -0.1) is 0 Å². The summed E-state index contributed by atoms with van der Waals surface area (Å²) in [6, 6.07) is 6.06. The molecule has 0 radical (unpaired) electrons. The molecule has 0 saturated carbocycles. The van der Waals surface area contributed by atoms with E-state index in [9.17, 15) is 9.59 Å². The molecule has 0 spiro atoms. The first-order valence-corrected chi connectivity index (χ1v) is 8.23. The lowest BCUT2D eigenvalue weighted by Crippen LogP contribution is -2.48. The molecule has 1 unspecified atom stereocenters. The first kappa shape index (κ1) is 17.5. The summed E-state index contributed by atoms with van der Waals surface area (Å²) in [7, 11) is 1.63. The Bertz CT molecular complexity index is 603. The molecule has 1 aromatic rings. The van der Waals surface area contributed by atoms with Gasteiger partial charge in [0.15, 0.2) is 0 Å². The molecule has 0 aromatic heterocycles. The van der Waals surface area contributed by atoms with Crippen LogP contribution in [0.1, 0.15) is 57.2 Å². The zero-order valence-electron chi connectivity index (χ0n) is 14.8. The summed E-state index contributed by atoms with van der Waals surface area (Å²) < 4.78 is 5.44. The van der Waals surface area contributed by atoms with Crippen LogP contribution in [0.15, 0.2) is 18.2 Å². The second-order valence-electron chi connectivity index (χ2n) is 7.46. The Morgan fingerprint density at radius 2 is 1.83 bits per heavy atom. The Hall–Kier alpha value is -1.84. The van der Waals surface area contributed by atoms with E-state index in [-0.39, 0.29) is 0 Å². The van der Waals surface area contributed by atoms with Crippen LogP contribution in [0.25, 0.3) is 0 Å². The molecule has 1 aliphatic rings. The largest absolute Gasteiger partial charge is 0.444 e. The number of aryl methyl sites for hydroxylation is 1. The lowest BCUT2D eigenvalue weighted by molar-refractivity contribution is -0.117. The fourth-order valence-electron chi connectivity index (χ4n) is 3.10. The molecule has 23 heavy (non-hydrogen) atoms. The van der Waals surface area contributed by atoms with Gasteiger partial charge in [0.2, 0.25) is 0 Å². The summed E-state index contributed by atoms with van der Waals surface area (Å²) >= 11 is 0. The molecule has 2 rings (SSSR count). The van der Waals surface area contributed by atoms with Crippen molar-refractivity contribution in [3.05, 3.63) is 34.9 Å². The van der Waals surface area contributed by atoms with Gasteiger partial charge >= 0.3 is 6.09 Å². The molecule has 0 fully saturated rings. The lowest BCUT2D eigenvalue weighted by Gasteiger charge is -2.37. The van der Waals surface area contributed by atoms with Crippen molar-refractivity contribution < 1.29 is 14.3 Å². The maximum Gasteiger partial charge on any atom is 0.411 e. The van der Waals surface area contributed by atoms with E-state index in [1.165, 1.54) is 22.4 Å². The topological polar surface area (TPSA) is 46.6 Å². The molecule has 1 amide bonds. The SMILES string of the molecule is CN(C(=O)OC(C)(C)C)C(C)(C=O)c1cccc2c1CCCC2. The smallest absolute Gasteiger partial charge is 0.411 e.